The van der Waals surface area contributed by atoms with E-state index < -0.39 is 0 Å². The van der Waals surface area contributed by atoms with Crippen LogP contribution < -0.4 is 16.7 Å². The van der Waals surface area contributed by atoms with Crippen molar-refractivity contribution in [3.63, 3.8) is 0 Å². The van der Waals surface area contributed by atoms with E-state index in [0.717, 1.165) is 18.7 Å². The number of nitrogens with one attached hydrogen (secondary N) is 2. The van der Waals surface area contributed by atoms with Crippen LogP contribution >= 0.6 is 0 Å². The number of nitrogens with zero attached hydrogens (tertiary/aromatic N) is 1. The van der Waals surface area contributed by atoms with Gasteiger partial charge >= 0.3 is 5.69 Å². The molecule has 5 heteroatoms. The Morgan fingerprint density at radius 1 is 1.67 bits per heavy atom. The molecule has 12 heavy (non-hydrogen) atoms. The van der Waals surface area contributed by atoms with Crippen molar-refractivity contribution >= 4 is 5.69 Å². The molecule has 0 bridgehead atoms. The quantitative estimate of drug-likeness (QED) is 0.531. The Hall–Kier alpha value is -1.36. The fourth-order valence-corrected chi connectivity index (χ4v) is 0.774. The second-order valence-corrected chi connectivity index (χ2v) is 2.38. The average Bonchev–Trinajstić information content (AvgIpc) is 2.09. The lowest BCUT2D eigenvalue weighted by molar-refractivity contribution is 0.871. The Morgan fingerprint density at radius 2 is 2.50 bits per heavy atom. The fourth-order valence-electron chi connectivity index (χ4n) is 0.774. The molecule has 0 unspecified atom stereocenters. The summed E-state index contributed by atoms with van der Waals surface area (Å²) in [4.78, 5) is 16.6. The minimum atomic E-state index is -0.334. The standard InChI is InChI=1S/C7H12N4O/c8-2-1-3-9-6-4-10-7(12)11-5-6/h4-5,9H,1-3,8H2,(H,10,11,12). The molecule has 0 fully saturated rings. The minimum absolute atomic E-state index is 0.334. The van der Waals surface area contributed by atoms with Crippen molar-refractivity contribution in [2.24, 2.45) is 5.73 Å². The fraction of sp³-hybridized carbons (Fsp3) is 0.429. The SMILES string of the molecule is NCCCNc1cnc(=O)[nH]c1. The first kappa shape index (κ1) is 8.73. The molecule has 0 atom stereocenters. The van der Waals surface area contributed by atoms with Crippen LogP contribution in [0.25, 0.3) is 0 Å². The summed E-state index contributed by atoms with van der Waals surface area (Å²) in [5, 5.41) is 3.06. The summed E-state index contributed by atoms with van der Waals surface area (Å²) in [7, 11) is 0. The Balaban J connectivity index is 2.42. The predicted molar refractivity (Wildman–Crippen MR) is 47.0 cm³/mol. The zero-order chi connectivity index (χ0) is 8.81. The molecule has 1 aromatic rings. The average molecular weight is 168 g/mol. The van der Waals surface area contributed by atoms with E-state index in [0.29, 0.717) is 6.54 Å². The summed E-state index contributed by atoms with van der Waals surface area (Å²) in [6, 6.07) is 0. The summed E-state index contributed by atoms with van der Waals surface area (Å²) < 4.78 is 0. The molecule has 0 aromatic carbocycles. The van der Waals surface area contributed by atoms with Crippen molar-refractivity contribution in [3.05, 3.63) is 22.9 Å². The van der Waals surface area contributed by atoms with E-state index in [9.17, 15) is 4.79 Å². The van der Waals surface area contributed by atoms with Crippen molar-refractivity contribution in [2.75, 3.05) is 18.4 Å². The number of hydrogen-bond acceptors (Lipinski definition) is 4. The van der Waals surface area contributed by atoms with Gasteiger partial charge in [-0.15, -0.1) is 0 Å². The largest absolute Gasteiger partial charge is 0.383 e. The van der Waals surface area contributed by atoms with Gasteiger partial charge < -0.3 is 16.0 Å². The normalized spacial score (nSPS) is 9.75. The summed E-state index contributed by atoms with van der Waals surface area (Å²) >= 11 is 0. The van der Waals surface area contributed by atoms with E-state index in [1.165, 1.54) is 6.20 Å². The van der Waals surface area contributed by atoms with Gasteiger partial charge in [0.2, 0.25) is 0 Å². The van der Waals surface area contributed by atoms with Gasteiger partial charge in [-0.2, -0.15) is 4.98 Å². The highest BCUT2D eigenvalue weighted by molar-refractivity contribution is 5.36. The highest BCUT2D eigenvalue weighted by Crippen LogP contribution is 1.97. The molecule has 66 valence electrons. The molecule has 0 amide bonds. The number of H-pyrrole nitrogens is 1. The van der Waals surface area contributed by atoms with Crippen LogP contribution in [0.1, 0.15) is 6.42 Å². The van der Waals surface area contributed by atoms with Crippen LogP contribution in [0.15, 0.2) is 17.2 Å². The van der Waals surface area contributed by atoms with E-state index in [1.807, 2.05) is 0 Å². The minimum Gasteiger partial charge on any atom is -0.383 e. The second kappa shape index (κ2) is 4.50. The zero-order valence-electron chi connectivity index (χ0n) is 6.71. The number of aromatic amines is 1. The molecule has 5 nitrogen and oxygen atoms in total. The van der Waals surface area contributed by atoms with Crippen molar-refractivity contribution < 1.29 is 0 Å². The third-order valence-corrected chi connectivity index (χ3v) is 1.38. The monoisotopic (exact) mass is 168 g/mol. The molecule has 4 N–H and O–H groups in total. The molecule has 1 rings (SSSR count). The van der Waals surface area contributed by atoms with Crippen LogP contribution in [-0.2, 0) is 0 Å². The summed E-state index contributed by atoms with van der Waals surface area (Å²) in [5.74, 6) is 0. The Kier molecular flexibility index (Phi) is 3.28. The Labute approximate surface area is 70.0 Å². The highest BCUT2D eigenvalue weighted by atomic mass is 16.1. The number of anilines is 1. The van der Waals surface area contributed by atoms with Crippen molar-refractivity contribution in [2.45, 2.75) is 6.42 Å². The number of nitrogens with two attached hydrogens (primary N) is 1. The smallest absolute Gasteiger partial charge is 0.345 e. The lowest BCUT2D eigenvalue weighted by atomic mass is 10.4. The molecule has 0 radical (unpaired) electrons. The second-order valence-electron chi connectivity index (χ2n) is 2.38. The van der Waals surface area contributed by atoms with Gasteiger partial charge in [-0.1, -0.05) is 0 Å². The molecular formula is C7H12N4O. The lowest BCUT2D eigenvalue weighted by Gasteiger charge is -2.02. The zero-order valence-corrected chi connectivity index (χ0v) is 6.71. The van der Waals surface area contributed by atoms with Crippen molar-refractivity contribution in [1.29, 1.82) is 0 Å². The van der Waals surface area contributed by atoms with E-state index in [2.05, 4.69) is 15.3 Å². The first-order chi connectivity index (χ1) is 5.83. The van der Waals surface area contributed by atoms with Gasteiger partial charge in [0.25, 0.3) is 0 Å². The van der Waals surface area contributed by atoms with Gasteiger partial charge in [0.15, 0.2) is 0 Å². The number of aromatic nitrogens is 2. The molecule has 1 heterocycles. The first-order valence-electron chi connectivity index (χ1n) is 3.81. The molecule has 0 aliphatic heterocycles. The van der Waals surface area contributed by atoms with Crippen LogP contribution in [0.3, 0.4) is 0 Å². The van der Waals surface area contributed by atoms with Crippen LogP contribution in [0.4, 0.5) is 5.69 Å². The van der Waals surface area contributed by atoms with Gasteiger partial charge in [-0.25, -0.2) is 4.79 Å². The van der Waals surface area contributed by atoms with E-state index >= 15 is 0 Å². The molecular weight excluding hydrogens is 156 g/mol. The van der Waals surface area contributed by atoms with E-state index in [4.69, 9.17) is 5.73 Å². The third-order valence-electron chi connectivity index (χ3n) is 1.38. The van der Waals surface area contributed by atoms with Crippen LogP contribution in [0, 0.1) is 0 Å². The molecule has 1 aromatic heterocycles. The predicted octanol–water partition coefficient (Wildman–Crippen LogP) is -0.469. The van der Waals surface area contributed by atoms with Crippen LogP contribution in [0.5, 0.6) is 0 Å². The molecule has 0 spiro atoms. The van der Waals surface area contributed by atoms with Gasteiger partial charge in [0.1, 0.15) is 0 Å². The van der Waals surface area contributed by atoms with Crippen molar-refractivity contribution in [3.8, 4) is 0 Å². The van der Waals surface area contributed by atoms with Gasteiger partial charge in [-0.3, -0.25) is 0 Å². The maximum absolute atomic E-state index is 10.5. The van der Waals surface area contributed by atoms with Crippen LogP contribution in [0.2, 0.25) is 0 Å². The van der Waals surface area contributed by atoms with E-state index in [-0.39, 0.29) is 5.69 Å². The molecule has 0 aliphatic rings. The van der Waals surface area contributed by atoms with Gasteiger partial charge in [-0.05, 0) is 13.0 Å². The maximum atomic E-state index is 10.5. The topological polar surface area (TPSA) is 83.8 Å². The maximum Gasteiger partial charge on any atom is 0.345 e. The first-order valence-corrected chi connectivity index (χ1v) is 3.81. The van der Waals surface area contributed by atoms with Crippen LogP contribution in [-0.4, -0.2) is 23.1 Å². The molecule has 0 aliphatic carbocycles. The van der Waals surface area contributed by atoms with Gasteiger partial charge in [0.05, 0.1) is 11.9 Å². The summed E-state index contributed by atoms with van der Waals surface area (Å²) in [6.07, 6.45) is 3.99. The molecule has 0 saturated heterocycles. The Morgan fingerprint density at radius 3 is 3.08 bits per heavy atom. The molecule has 0 saturated carbocycles. The number of hydrogen-bond donors (Lipinski definition) is 3. The Bertz CT molecular complexity index is 262. The lowest BCUT2D eigenvalue weighted by Crippen LogP contribution is -2.12. The van der Waals surface area contributed by atoms with Gasteiger partial charge in [0, 0.05) is 12.7 Å². The highest BCUT2D eigenvalue weighted by Gasteiger charge is 1.90. The summed E-state index contributed by atoms with van der Waals surface area (Å²) in [6.45, 7) is 1.45. The third kappa shape index (κ3) is 2.71. The summed E-state index contributed by atoms with van der Waals surface area (Å²) in [5.41, 5.74) is 5.78. The van der Waals surface area contributed by atoms with Crippen molar-refractivity contribution in [1.82, 2.24) is 9.97 Å². The number of rotatable bonds is 4. The van der Waals surface area contributed by atoms with E-state index in [1.54, 1.807) is 6.20 Å².